The molecule has 0 unspecified atom stereocenters. The van der Waals surface area contributed by atoms with Crippen LogP contribution in [0.2, 0.25) is 0 Å². The van der Waals surface area contributed by atoms with E-state index in [1.54, 1.807) is 6.07 Å². The number of benzene rings is 1. The van der Waals surface area contributed by atoms with Crippen LogP contribution in [0.25, 0.3) is 10.9 Å². The third-order valence-corrected chi connectivity index (χ3v) is 3.21. The number of H-pyrrole nitrogens is 1. The van der Waals surface area contributed by atoms with Crippen LogP contribution in [0, 0.1) is 0 Å². The van der Waals surface area contributed by atoms with E-state index in [1.165, 1.54) is 12.8 Å². The molecule has 3 rings (SSSR count). The van der Waals surface area contributed by atoms with E-state index in [0.717, 1.165) is 17.0 Å². The third kappa shape index (κ3) is 2.13. The SMILES string of the molecule is CC(C)Oc1ccc2[nH]c(C3CC3)cc(=O)c2c1. The molecule has 0 aliphatic heterocycles. The summed E-state index contributed by atoms with van der Waals surface area (Å²) in [4.78, 5) is 15.4. The lowest BCUT2D eigenvalue weighted by atomic mass is 10.1. The van der Waals surface area contributed by atoms with E-state index in [1.807, 2.05) is 32.0 Å². The van der Waals surface area contributed by atoms with E-state index in [0.29, 0.717) is 11.3 Å². The number of rotatable bonds is 3. The Hall–Kier alpha value is -1.77. The van der Waals surface area contributed by atoms with Gasteiger partial charge in [-0.1, -0.05) is 0 Å². The standard InChI is InChI=1S/C15H17NO2/c1-9(2)18-11-5-6-13-12(7-11)15(17)8-14(16-13)10-3-4-10/h5-10H,3-4H2,1-2H3,(H,16,17). The second-order valence-electron chi connectivity index (χ2n) is 5.24. The minimum absolute atomic E-state index is 0.0832. The fraction of sp³-hybridized carbons (Fsp3) is 0.400. The average molecular weight is 243 g/mol. The highest BCUT2D eigenvalue weighted by Crippen LogP contribution is 2.38. The van der Waals surface area contributed by atoms with Gasteiger partial charge >= 0.3 is 0 Å². The maximum absolute atomic E-state index is 12.1. The van der Waals surface area contributed by atoms with Gasteiger partial charge in [-0.15, -0.1) is 0 Å². The van der Waals surface area contributed by atoms with E-state index in [2.05, 4.69) is 4.98 Å². The summed E-state index contributed by atoms with van der Waals surface area (Å²) in [6, 6.07) is 7.40. The van der Waals surface area contributed by atoms with Gasteiger partial charge in [0, 0.05) is 22.7 Å². The first kappa shape index (κ1) is 11.3. The smallest absolute Gasteiger partial charge is 0.189 e. The largest absolute Gasteiger partial charge is 0.491 e. The zero-order valence-electron chi connectivity index (χ0n) is 10.7. The molecule has 1 heterocycles. The van der Waals surface area contributed by atoms with Crippen LogP contribution >= 0.6 is 0 Å². The zero-order valence-corrected chi connectivity index (χ0v) is 10.7. The van der Waals surface area contributed by atoms with Crippen molar-refractivity contribution in [2.75, 3.05) is 0 Å². The molecular formula is C15H17NO2. The summed E-state index contributed by atoms with van der Waals surface area (Å²) in [5, 5.41) is 0.706. The predicted octanol–water partition coefficient (Wildman–Crippen LogP) is 3.19. The number of ether oxygens (including phenoxy) is 1. The molecule has 1 aliphatic carbocycles. The zero-order chi connectivity index (χ0) is 12.7. The molecule has 1 N–H and O–H groups in total. The highest BCUT2D eigenvalue weighted by atomic mass is 16.5. The maximum Gasteiger partial charge on any atom is 0.189 e. The minimum Gasteiger partial charge on any atom is -0.491 e. The molecular weight excluding hydrogens is 226 g/mol. The van der Waals surface area contributed by atoms with Crippen LogP contribution in [0.5, 0.6) is 5.75 Å². The van der Waals surface area contributed by atoms with Crippen LogP contribution in [0.4, 0.5) is 0 Å². The summed E-state index contributed by atoms with van der Waals surface area (Å²) in [6.45, 7) is 3.95. The van der Waals surface area contributed by atoms with Crippen LogP contribution in [-0.4, -0.2) is 11.1 Å². The van der Waals surface area contributed by atoms with Gasteiger partial charge in [-0.3, -0.25) is 4.79 Å². The normalized spacial score (nSPS) is 15.3. The number of pyridine rings is 1. The fourth-order valence-corrected chi connectivity index (χ4v) is 2.21. The lowest BCUT2D eigenvalue weighted by Crippen LogP contribution is -2.08. The van der Waals surface area contributed by atoms with Gasteiger partial charge in [0.15, 0.2) is 5.43 Å². The summed E-state index contributed by atoms with van der Waals surface area (Å²) >= 11 is 0. The number of fused-ring (bicyclic) bond motifs is 1. The van der Waals surface area contributed by atoms with Crippen LogP contribution in [0.3, 0.4) is 0 Å². The Morgan fingerprint density at radius 2 is 2.06 bits per heavy atom. The highest BCUT2D eigenvalue weighted by Gasteiger charge is 2.24. The average Bonchev–Trinajstić information content (AvgIpc) is 3.12. The number of hydrogen-bond acceptors (Lipinski definition) is 2. The van der Waals surface area contributed by atoms with Crippen molar-refractivity contribution in [3.8, 4) is 5.75 Å². The number of aromatic amines is 1. The minimum atomic E-state index is 0.0832. The molecule has 0 amide bonds. The number of hydrogen-bond donors (Lipinski definition) is 1. The van der Waals surface area contributed by atoms with E-state index in [-0.39, 0.29) is 11.5 Å². The van der Waals surface area contributed by atoms with Crippen molar-refractivity contribution in [3.63, 3.8) is 0 Å². The van der Waals surface area contributed by atoms with Gasteiger partial charge in [-0.25, -0.2) is 0 Å². The third-order valence-electron chi connectivity index (χ3n) is 3.21. The Labute approximate surface area is 106 Å². The van der Waals surface area contributed by atoms with E-state index in [9.17, 15) is 4.79 Å². The Bertz CT molecular complexity index is 638. The van der Waals surface area contributed by atoms with Gasteiger partial charge in [0.05, 0.1) is 6.10 Å². The van der Waals surface area contributed by atoms with Crippen molar-refractivity contribution in [2.45, 2.75) is 38.7 Å². The first-order chi connectivity index (χ1) is 8.63. The molecule has 1 aromatic heterocycles. The van der Waals surface area contributed by atoms with Gasteiger partial charge in [0.2, 0.25) is 0 Å². The van der Waals surface area contributed by atoms with Crippen molar-refractivity contribution in [1.29, 1.82) is 0 Å². The van der Waals surface area contributed by atoms with Crippen LogP contribution < -0.4 is 10.2 Å². The van der Waals surface area contributed by atoms with E-state index in [4.69, 9.17) is 4.74 Å². The maximum atomic E-state index is 12.1. The highest BCUT2D eigenvalue weighted by molar-refractivity contribution is 5.80. The predicted molar refractivity (Wildman–Crippen MR) is 72.3 cm³/mol. The van der Waals surface area contributed by atoms with Crippen molar-refractivity contribution >= 4 is 10.9 Å². The lowest BCUT2D eigenvalue weighted by Gasteiger charge is -2.10. The van der Waals surface area contributed by atoms with Crippen LogP contribution in [0.15, 0.2) is 29.1 Å². The van der Waals surface area contributed by atoms with Gasteiger partial charge < -0.3 is 9.72 Å². The number of nitrogens with one attached hydrogen (secondary N) is 1. The van der Waals surface area contributed by atoms with Crippen LogP contribution in [-0.2, 0) is 0 Å². The van der Waals surface area contributed by atoms with Crippen LogP contribution in [0.1, 0.15) is 38.3 Å². The van der Waals surface area contributed by atoms with E-state index >= 15 is 0 Å². The molecule has 0 radical (unpaired) electrons. The van der Waals surface area contributed by atoms with Gasteiger partial charge in [-0.2, -0.15) is 0 Å². The van der Waals surface area contributed by atoms with Gasteiger partial charge in [-0.05, 0) is 50.8 Å². The molecule has 3 nitrogen and oxygen atoms in total. The molecule has 94 valence electrons. The first-order valence-electron chi connectivity index (χ1n) is 6.47. The molecule has 2 aromatic rings. The molecule has 0 saturated heterocycles. The molecule has 0 spiro atoms. The summed E-state index contributed by atoms with van der Waals surface area (Å²) < 4.78 is 5.61. The molecule has 1 aromatic carbocycles. The summed E-state index contributed by atoms with van der Waals surface area (Å²) in [5.74, 6) is 1.32. The fourth-order valence-electron chi connectivity index (χ4n) is 2.21. The quantitative estimate of drug-likeness (QED) is 0.899. The molecule has 1 fully saturated rings. The summed E-state index contributed by atoms with van der Waals surface area (Å²) in [7, 11) is 0. The second kappa shape index (κ2) is 4.16. The first-order valence-corrected chi connectivity index (χ1v) is 6.47. The van der Waals surface area contributed by atoms with Gasteiger partial charge in [0.1, 0.15) is 5.75 Å². The Balaban J connectivity index is 2.08. The number of aromatic nitrogens is 1. The Morgan fingerprint density at radius 3 is 2.72 bits per heavy atom. The second-order valence-corrected chi connectivity index (χ2v) is 5.24. The Kier molecular flexibility index (Phi) is 2.62. The van der Waals surface area contributed by atoms with Crippen molar-refractivity contribution in [3.05, 3.63) is 40.2 Å². The monoisotopic (exact) mass is 243 g/mol. The Morgan fingerprint density at radius 1 is 1.28 bits per heavy atom. The van der Waals surface area contributed by atoms with Crippen molar-refractivity contribution < 1.29 is 4.74 Å². The lowest BCUT2D eigenvalue weighted by molar-refractivity contribution is 0.243. The summed E-state index contributed by atoms with van der Waals surface area (Å²) in [5.41, 5.74) is 2.06. The van der Waals surface area contributed by atoms with Gasteiger partial charge in [0.25, 0.3) is 0 Å². The molecule has 0 atom stereocenters. The summed E-state index contributed by atoms with van der Waals surface area (Å²) in [6.07, 6.45) is 2.50. The molecule has 18 heavy (non-hydrogen) atoms. The molecule has 1 aliphatic rings. The molecule has 0 bridgehead atoms. The molecule has 3 heteroatoms. The van der Waals surface area contributed by atoms with Crippen molar-refractivity contribution in [1.82, 2.24) is 4.98 Å². The van der Waals surface area contributed by atoms with E-state index < -0.39 is 0 Å². The van der Waals surface area contributed by atoms with Crippen molar-refractivity contribution in [2.24, 2.45) is 0 Å². The molecule has 1 saturated carbocycles. The topological polar surface area (TPSA) is 42.1 Å².